The molecule has 0 aliphatic heterocycles. The maximum Gasteiger partial charge on any atom is 0.251 e. The first-order valence-corrected chi connectivity index (χ1v) is 8.82. The molecule has 7 nitrogen and oxygen atoms in total. The average Bonchev–Trinajstić information content (AvgIpc) is 3.15. The largest absolute Gasteiger partial charge is 0.493 e. The van der Waals surface area contributed by atoms with Crippen molar-refractivity contribution in [1.29, 1.82) is 0 Å². The maximum absolute atomic E-state index is 13.0. The first-order valence-electron chi connectivity index (χ1n) is 8.82. The third-order valence-electron chi connectivity index (χ3n) is 4.34. The summed E-state index contributed by atoms with van der Waals surface area (Å²) in [7, 11) is 4.70. The minimum atomic E-state index is -0.212. The lowest BCUT2D eigenvalue weighted by Crippen LogP contribution is -2.32. The van der Waals surface area contributed by atoms with Crippen LogP contribution >= 0.6 is 0 Å². The molecule has 1 amide bonds. The number of rotatable bonds is 8. The Morgan fingerprint density at radius 2 is 1.93 bits per heavy atom. The van der Waals surface area contributed by atoms with E-state index in [2.05, 4.69) is 10.2 Å². The summed E-state index contributed by atoms with van der Waals surface area (Å²) in [6, 6.07) is 13.2. The van der Waals surface area contributed by atoms with Crippen LogP contribution in [0.1, 0.15) is 5.69 Å². The Hall–Kier alpha value is -3.32. The molecule has 0 spiro atoms. The summed E-state index contributed by atoms with van der Waals surface area (Å²) in [5.74, 6) is 0.834. The van der Waals surface area contributed by atoms with Crippen LogP contribution in [0.25, 0.3) is 17.0 Å². The lowest BCUT2D eigenvalue weighted by atomic mass is 10.2. The van der Waals surface area contributed by atoms with E-state index in [0.717, 1.165) is 10.9 Å². The molecule has 1 heterocycles. The Bertz CT molecular complexity index is 981. The van der Waals surface area contributed by atoms with Crippen molar-refractivity contribution >= 4 is 28.6 Å². The van der Waals surface area contributed by atoms with Gasteiger partial charge in [-0.05, 0) is 24.3 Å². The van der Waals surface area contributed by atoms with Gasteiger partial charge in [0.15, 0.2) is 11.5 Å². The fraction of sp³-hybridized carbons (Fsp3) is 0.238. The molecule has 0 aliphatic carbocycles. The lowest BCUT2D eigenvalue weighted by Gasteiger charge is -2.24. The number of nitrogens with zero attached hydrogens (tertiary/aromatic N) is 2. The van der Waals surface area contributed by atoms with E-state index in [1.165, 1.54) is 6.08 Å². The van der Waals surface area contributed by atoms with Crippen molar-refractivity contribution in [2.75, 3.05) is 39.4 Å². The van der Waals surface area contributed by atoms with E-state index >= 15 is 0 Å². The molecule has 146 valence electrons. The number of aromatic amines is 1. The van der Waals surface area contributed by atoms with E-state index in [1.54, 1.807) is 38.4 Å². The number of hydrogen-bond acceptors (Lipinski definition) is 5. The molecular formula is C21H23N3O4. The zero-order chi connectivity index (χ0) is 19.9. The Morgan fingerprint density at radius 3 is 2.68 bits per heavy atom. The van der Waals surface area contributed by atoms with E-state index in [0.29, 0.717) is 36.0 Å². The Labute approximate surface area is 163 Å². The second kappa shape index (κ2) is 9.05. The second-order valence-corrected chi connectivity index (χ2v) is 5.98. The quantitative estimate of drug-likeness (QED) is 0.606. The molecule has 0 radical (unpaired) electrons. The first-order chi connectivity index (χ1) is 13.7. The van der Waals surface area contributed by atoms with Gasteiger partial charge in [0.05, 0.1) is 37.7 Å². The van der Waals surface area contributed by atoms with Crippen LogP contribution in [0.5, 0.6) is 11.5 Å². The molecule has 3 rings (SSSR count). The number of ether oxygens (including phenoxy) is 3. The molecule has 7 heteroatoms. The SMILES string of the molecule is COCCN(C(=O)/C=C/c1n[nH]c2ccccc12)c1cccc(OC)c1OC. The Balaban J connectivity index is 1.92. The van der Waals surface area contributed by atoms with Gasteiger partial charge in [-0.15, -0.1) is 0 Å². The summed E-state index contributed by atoms with van der Waals surface area (Å²) in [5, 5.41) is 8.18. The van der Waals surface area contributed by atoms with Gasteiger partial charge >= 0.3 is 0 Å². The third kappa shape index (κ3) is 3.99. The number of anilines is 1. The topological polar surface area (TPSA) is 76.7 Å². The number of hydrogen-bond donors (Lipinski definition) is 1. The predicted molar refractivity (Wildman–Crippen MR) is 109 cm³/mol. The fourth-order valence-corrected chi connectivity index (χ4v) is 2.97. The highest BCUT2D eigenvalue weighted by Crippen LogP contribution is 2.37. The number of amides is 1. The predicted octanol–water partition coefficient (Wildman–Crippen LogP) is 3.27. The number of fused-ring (bicyclic) bond motifs is 1. The first kappa shape index (κ1) is 19.4. The summed E-state index contributed by atoms with van der Waals surface area (Å²) in [4.78, 5) is 14.6. The number of benzene rings is 2. The van der Waals surface area contributed by atoms with Crippen molar-refractivity contribution in [2.24, 2.45) is 0 Å². The van der Waals surface area contributed by atoms with Crippen molar-refractivity contribution in [3.63, 3.8) is 0 Å². The molecule has 0 unspecified atom stereocenters. The number of carbonyl (C=O) groups excluding carboxylic acids is 1. The van der Waals surface area contributed by atoms with Gasteiger partial charge in [-0.25, -0.2) is 0 Å². The summed E-state index contributed by atoms with van der Waals surface area (Å²) >= 11 is 0. The highest BCUT2D eigenvalue weighted by Gasteiger charge is 2.20. The lowest BCUT2D eigenvalue weighted by molar-refractivity contribution is -0.114. The van der Waals surface area contributed by atoms with Crippen molar-refractivity contribution < 1.29 is 19.0 Å². The molecular weight excluding hydrogens is 358 g/mol. The van der Waals surface area contributed by atoms with Crippen molar-refractivity contribution in [3.8, 4) is 11.5 Å². The molecule has 2 aromatic carbocycles. The standard InChI is InChI=1S/C21H23N3O4/c1-26-14-13-24(18-9-6-10-19(27-2)21(18)28-3)20(25)12-11-17-15-7-4-5-8-16(15)22-23-17/h4-12H,13-14H2,1-3H3,(H,22,23)/b12-11+. The van der Waals surface area contributed by atoms with Crippen molar-refractivity contribution in [2.45, 2.75) is 0 Å². The maximum atomic E-state index is 13.0. The van der Waals surface area contributed by atoms with Gasteiger partial charge in [-0.3, -0.25) is 9.89 Å². The van der Waals surface area contributed by atoms with Crippen LogP contribution in [-0.2, 0) is 9.53 Å². The second-order valence-electron chi connectivity index (χ2n) is 5.98. The van der Waals surface area contributed by atoms with Crippen molar-refractivity contribution in [1.82, 2.24) is 10.2 Å². The summed E-state index contributed by atoms with van der Waals surface area (Å²) in [6.07, 6.45) is 3.20. The van der Waals surface area contributed by atoms with E-state index in [-0.39, 0.29) is 5.91 Å². The number of nitrogens with one attached hydrogen (secondary N) is 1. The van der Waals surface area contributed by atoms with Crippen LogP contribution in [0, 0.1) is 0 Å². The normalized spacial score (nSPS) is 11.1. The van der Waals surface area contributed by atoms with Gasteiger partial charge in [0, 0.05) is 25.1 Å². The summed E-state index contributed by atoms with van der Waals surface area (Å²) < 4.78 is 16.0. The highest BCUT2D eigenvalue weighted by atomic mass is 16.5. The number of carbonyl (C=O) groups is 1. The molecule has 1 N–H and O–H groups in total. The van der Waals surface area contributed by atoms with Gasteiger partial charge in [0.25, 0.3) is 5.91 Å². The molecule has 0 atom stereocenters. The molecule has 0 aliphatic rings. The molecule has 0 fully saturated rings. The van der Waals surface area contributed by atoms with Gasteiger partial charge in [0.1, 0.15) is 0 Å². The monoisotopic (exact) mass is 381 g/mol. The number of methoxy groups -OCH3 is 3. The van der Waals surface area contributed by atoms with E-state index < -0.39 is 0 Å². The summed E-state index contributed by atoms with van der Waals surface area (Å²) in [5.41, 5.74) is 2.23. The summed E-state index contributed by atoms with van der Waals surface area (Å²) in [6.45, 7) is 0.746. The zero-order valence-electron chi connectivity index (χ0n) is 16.1. The van der Waals surface area contributed by atoms with Gasteiger partial charge in [0.2, 0.25) is 0 Å². The van der Waals surface area contributed by atoms with Crippen molar-refractivity contribution in [3.05, 3.63) is 54.2 Å². The van der Waals surface area contributed by atoms with E-state index in [4.69, 9.17) is 14.2 Å². The van der Waals surface area contributed by atoms with Gasteiger partial charge < -0.3 is 19.1 Å². The van der Waals surface area contributed by atoms with Crippen LogP contribution in [0.3, 0.4) is 0 Å². The average molecular weight is 381 g/mol. The van der Waals surface area contributed by atoms with E-state index in [9.17, 15) is 4.79 Å². The molecule has 28 heavy (non-hydrogen) atoms. The Kier molecular flexibility index (Phi) is 6.29. The molecule has 0 saturated heterocycles. The van der Waals surface area contributed by atoms with Gasteiger partial charge in [-0.1, -0.05) is 24.3 Å². The molecule has 3 aromatic rings. The minimum Gasteiger partial charge on any atom is -0.493 e. The minimum absolute atomic E-state index is 0.212. The van der Waals surface area contributed by atoms with Crippen LogP contribution < -0.4 is 14.4 Å². The van der Waals surface area contributed by atoms with Crippen LogP contribution in [0.15, 0.2) is 48.5 Å². The van der Waals surface area contributed by atoms with Crippen LogP contribution in [-0.4, -0.2) is 50.6 Å². The molecule has 0 saturated carbocycles. The van der Waals surface area contributed by atoms with E-state index in [1.807, 2.05) is 36.4 Å². The molecule has 1 aromatic heterocycles. The smallest absolute Gasteiger partial charge is 0.251 e. The molecule has 0 bridgehead atoms. The zero-order valence-corrected chi connectivity index (χ0v) is 16.1. The fourth-order valence-electron chi connectivity index (χ4n) is 2.97. The number of para-hydroxylation sites is 2. The highest BCUT2D eigenvalue weighted by molar-refractivity contribution is 6.05. The van der Waals surface area contributed by atoms with Gasteiger partial charge in [-0.2, -0.15) is 5.10 Å². The number of aromatic nitrogens is 2. The third-order valence-corrected chi connectivity index (χ3v) is 4.34. The number of H-pyrrole nitrogens is 1. The van der Waals surface area contributed by atoms with Crippen LogP contribution in [0.2, 0.25) is 0 Å². The Morgan fingerprint density at radius 1 is 1.11 bits per heavy atom. The van der Waals surface area contributed by atoms with Crippen LogP contribution in [0.4, 0.5) is 5.69 Å².